The Bertz CT molecular complexity index is 842. The van der Waals surface area contributed by atoms with Crippen LogP contribution in [0.5, 0.6) is 5.75 Å². The number of hydrogen-bond donors (Lipinski definition) is 2. The number of anilines is 4. The van der Waals surface area contributed by atoms with E-state index in [-0.39, 0.29) is 0 Å². The third-order valence-corrected chi connectivity index (χ3v) is 4.16. The molecule has 6 heteroatoms. The highest BCUT2D eigenvalue weighted by Gasteiger charge is 2.08. The smallest absolute Gasteiger partial charge is 0.249 e. The summed E-state index contributed by atoms with van der Waals surface area (Å²) in [4.78, 5) is 4.53. The van der Waals surface area contributed by atoms with Crippen LogP contribution in [0.4, 0.5) is 23.1 Å². The molecule has 1 heterocycles. The van der Waals surface area contributed by atoms with Gasteiger partial charge in [-0.3, -0.25) is 0 Å². The van der Waals surface area contributed by atoms with Gasteiger partial charge in [0.15, 0.2) is 5.82 Å². The molecule has 6 nitrogen and oxygen atoms in total. The molecule has 0 unspecified atom stereocenters. The monoisotopic (exact) mass is 349 g/mol. The van der Waals surface area contributed by atoms with Crippen molar-refractivity contribution in [3.05, 3.63) is 59.8 Å². The van der Waals surface area contributed by atoms with E-state index in [1.165, 1.54) is 11.1 Å². The maximum Gasteiger partial charge on any atom is 0.249 e. The maximum absolute atomic E-state index is 5.17. The predicted molar refractivity (Wildman–Crippen MR) is 105 cm³/mol. The lowest BCUT2D eigenvalue weighted by Gasteiger charge is -2.15. The summed E-state index contributed by atoms with van der Waals surface area (Å²) in [6.07, 6.45) is 3.53. The van der Waals surface area contributed by atoms with Gasteiger partial charge in [0.1, 0.15) is 5.75 Å². The van der Waals surface area contributed by atoms with Crippen LogP contribution in [0.1, 0.15) is 25.0 Å². The van der Waals surface area contributed by atoms with Gasteiger partial charge in [-0.2, -0.15) is 10.1 Å². The zero-order chi connectivity index (χ0) is 18.4. The number of methoxy groups -OCH3 is 1. The van der Waals surface area contributed by atoms with Crippen LogP contribution in [0.3, 0.4) is 0 Å². The van der Waals surface area contributed by atoms with E-state index < -0.39 is 0 Å². The molecule has 2 aromatic carbocycles. The first-order valence-electron chi connectivity index (χ1n) is 8.72. The van der Waals surface area contributed by atoms with Crippen LogP contribution in [0.15, 0.2) is 48.7 Å². The molecule has 134 valence electrons. The van der Waals surface area contributed by atoms with Crippen molar-refractivity contribution in [1.82, 2.24) is 15.2 Å². The van der Waals surface area contributed by atoms with E-state index in [1.54, 1.807) is 13.3 Å². The van der Waals surface area contributed by atoms with E-state index in [9.17, 15) is 0 Å². The fourth-order valence-corrected chi connectivity index (χ4v) is 2.75. The Balaban J connectivity index is 1.81. The van der Waals surface area contributed by atoms with Crippen molar-refractivity contribution in [3.8, 4) is 5.75 Å². The molecule has 0 aliphatic rings. The molecule has 0 aliphatic heterocycles. The van der Waals surface area contributed by atoms with Crippen molar-refractivity contribution in [2.75, 3.05) is 17.7 Å². The topological polar surface area (TPSA) is 72.0 Å². The number of rotatable bonds is 7. The Hall–Kier alpha value is -3.15. The second-order valence-electron chi connectivity index (χ2n) is 5.80. The number of ether oxygens (including phenoxy) is 1. The van der Waals surface area contributed by atoms with Crippen LogP contribution in [0, 0.1) is 0 Å². The molecule has 0 bridgehead atoms. The standard InChI is InChI=1S/C20H23N5O/c1-4-14-7-6-8-15(5-2)19(14)23-18-13-21-25-20(24-18)22-16-9-11-17(26-3)12-10-16/h6-13H,4-5H2,1-3H3,(H2,22,23,24,25). The zero-order valence-corrected chi connectivity index (χ0v) is 15.3. The molecule has 0 fully saturated rings. The number of aryl methyl sites for hydroxylation is 2. The Morgan fingerprint density at radius 2 is 1.62 bits per heavy atom. The SMILES string of the molecule is CCc1cccc(CC)c1Nc1cnnc(Nc2ccc(OC)cc2)n1. The summed E-state index contributed by atoms with van der Waals surface area (Å²) >= 11 is 0. The summed E-state index contributed by atoms with van der Waals surface area (Å²) in [5.74, 6) is 1.90. The van der Waals surface area contributed by atoms with Crippen LogP contribution in [0.2, 0.25) is 0 Å². The van der Waals surface area contributed by atoms with Crippen LogP contribution in [-0.4, -0.2) is 22.3 Å². The van der Waals surface area contributed by atoms with Gasteiger partial charge in [0.2, 0.25) is 5.95 Å². The van der Waals surface area contributed by atoms with Gasteiger partial charge in [-0.1, -0.05) is 32.0 Å². The number of aromatic nitrogens is 3. The van der Waals surface area contributed by atoms with E-state index in [4.69, 9.17) is 4.74 Å². The highest BCUT2D eigenvalue weighted by atomic mass is 16.5. The van der Waals surface area contributed by atoms with E-state index >= 15 is 0 Å². The molecule has 3 aromatic rings. The largest absolute Gasteiger partial charge is 0.497 e. The van der Waals surface area contributed by atoms with Gasteiger partial charge in [0.05, 0.1) is 13.3 Å². The first-order chi connectivity index (χ1) is 12.7. The minimum Gasteiger partial charge on any atom is -0.497 e. The maximum atomic E-state index is 5.17. The molecule has 3 rings (SSSR count). The highest BCUT2D eigenvalue weighted by molar-refractivity contribution is 5.65. The van der Waals surface area contributed by atoms with Gasteiger partial charge in [-0.05, 0) is 48.2 Å². The van der Waals surface area contributed by atoms with Crippen molar-refractivity contribution < 1.29 is 4.74 Å². The van der Waals surface area contributed by atoms with E-state index in [1.807, 2.05) is 24.3 Å². The molecule has 1 aromatic heterocycles. The van der Waals surface area contributed by atoms with Crippen LogP contribution in [0.25, 0.3) is 0 Å². The average molecular weight is 349 g/mol. The Kier molecular flexibility index (Phi) is 5.63. The zero-order valence-electron chi connectivity index (χ0n) is 15.3. The van der Waals surface area contributed by atoms with Crippen LogP contribution >= 0.6 is 0 Å². The lowest BCUT2D eigenvalue weighted by atomic mass is 10.0. The molecular formula is C20H23N5O. The van der Waals surface area contributed by atoms with E-state index in [0.29, 0.717) is 11.8 Å². The highest BCUT2D eigenvalue weighted by Crippen LogP contribution is 2.26. The van der Waals surface area contributed by atoms with Crippen LogP contribution < -0.4 is 15.4 Å². The van der Waals surface area contributed by atoms with Gasteiger partial charge in [-0.15, -0.1) is 5.10 Å². The third kappa shape index (κ3) is 4.08. The van der Waals surface area contributed by atoms with Crippen molar-refractivity contribution in [2.45, 2.75) is 26.7 Å². The third-order valence-electron chi connectivity index (χ3n) is 4.16. The minimum absolute atomic E-state index is 0.437. The molecule has 0 aliphatic carbocycles. The molecular weight excluding hydrogens is 326 g/mol. The van der Waals surface area contributed by atoms with Crippen molar-refractivity contribution in [3.63, 3.8) is 0 Å². The average Bonchev–Trinajstić information content (AvgIpc) is 2.69. The minimum atomic E-state index is 0.437. The molecule has 0 atom stereocenters. The number of nitrogens with one attached hydrogen (secondary N) is 2. The Labute approximate surface area is 153 Å². The molecule has 0 spiro atoms. The first-order valence-corrected chi connectivity index (χ1v) is 8.72. The fraction of sp³-hybridized carbons (Fsp3) is 0.250. The van der Waals surface area contributed by atoms with Gasteiger partial charge < -0.3 is 15.4 Å². The van der Waals surface area contributed by atoms with E-state index in [0.717, 1.165) is 30.0 Å². The fourth-order valence-electron chi connectivity index (χ4n) is 2.75. The van der Waals surface area contributed by atoms with Crippen molar-refractivity contribution in [1.29, 1.82) is 0 Å². The summed E-state index contributed by atoms with van der Waals surface area (Å²) in [7, 11) is 1.64. The van der Waals surface area contributed by atoms with Crippen molar-refractivity contribution in [2.24, 2.45) is 0 Å². The molecule has 26 heavy (non-hydrogen) atoms. The van der Waals surface area contributed by atoms with Gasteiger partial charge in [0.25, 0.3) is 0 Å². The van der Waals surface area contributed by atoms with Crippen LogP contribution in [-0.2, 0) is 12.8 Å². The Morgan fingerprint density at radius 1 is 0.923 bits per heavy atom. The molecule has 0 saturated heterocycles. The predicted octanol–water partition coefficient (Wildman–Crippen LogP) is 4.49. The second-order valence-corrected chi connectivity index (χ2v) is 5.80. The second kappa shape index (κ2) is 8.29. The molecule has 2 N–H and O–H groups in total. The van der Waals surface area contributed by atoms with Gasteiger partial charge in [-0.25, -0.2) is 0 Å². The first kappa shape index (κ1) is 17.7. The molecule has 0 radical (unpaired) electrons. The molecule has 0 amide bonds. The summed E-state index contributed by atoms with van der Waals surface area (Å²) in [5.41, 5.74) is 4.49. The Morgan fingerprint density at radius 3 is 2.23 bits per heavy atom. The quantitative estimate of drug-likeness (QED) is 0.655. The normalized spacial score (nSPS) is 10.4. The van der Waals surface area contributed by atoms with E-state index in [2.05, 4.69) is 57.9 Å². The van der Waals surface area contributed by atoms with Gasteiger partial charge >= 0.3 is 0 Å². The summed E-state index contributed by atoms with van der Waals surface area (Å²) < 4.78 is 5.17. The number of para-hydroxylation sites is 1. The van der Waals surface area contributed by atoms with Crippen molar-refractivity contribution >= 4 is 23.1 Å². The van der Waals surface area contributed by atoms with Gasteiger partial charge in [0, 0.05) is 11.4 Å². The number of hydrogen-bond acceptors (Lipinski definition) is 6. The molecule has 0 saturated carbocycles. The number of benzene rings is 2. The lowest BCUT2D eigenvalue weighted by molar-refractivity contribution is 0.415. The summed E-state index contributed by atoms with van der Waals surface area (Å²) in [6, 6.07) is 13.9. The lowest BCUT2D eigenvalue weighted by Crippen LogP contribution is -2.05. The summed E-state index contributed by atoms with van der Waals surface area (Å²) in [6.45, 7) is 4.30. The number of nitrogens with zero attached hydrogens (tertiary/aromatic N) is 3. The summed E-state index contributed by atoms with van der Waals surface area (Å²) in [5, 5.41) is 14.7.